The van der Waals surface area contributed by atoms with Crippen LogP contribution in [0.2, 0.25) is 0 Å². The van der Waals surface area contributed by atoms with Crippen molar-refractivity contribution in [2.45, 2.75) is 38.6 Å². The highest BCUT2D eigenvalue weighted by atomic mass is 16.3. The largest absolute Gasteiger partial charge is 0.464 e. The van der Waals surface area contributed by atoms with E-state index >= 15 is 0 Å². The summed E-state index contributed by atoms with van der Waals surface area (Å²) in [6, 6.07) is 6.00. The molecule has 2 heterocycles. The number of carbonyl (C=O) groups excluding carboxylic acids is 1. The van der Waals surface area contributed by atoms with Gasteiger partial charge in [0.15, 0.2) is 5.43 Å². The molecule has 0 aliphatic heterocycles. The van der Waals surface area contributed by atoms with Crippen molar-refractivity contribution in [2.75, 3.05) is 5.32 Å². The van der Waals surface area contributed by atoms with Gasteiger partial charge >= 0.3 is 6.03 Å². The number of aromatic nitrogens is 2. The molecule has 3 aromatic rings. The Morgan fingerprint density at radius 1 is 1.19 bits per heavy atom. The van der Waals surface area contributed by atoms with Gasteiger partial charge in [-0.1, -0.05) is 6.42 Å². The van der Waals surface area contributed by atoms with Crippen LogP contribution in [0.1, 0.15) is 36.2 Å². The standard InChI is InChI=1S/C19H20N4O3/c24-17-8-9-26-18-7-6-12(10-14(17)18)21-19(25)20-11-16-13-4-2-1-3-5-15(13)22-23-16/h6-10H,1-5,11H2,(H,22,23)(H2,20,21,25). The van der Waals surface area contributed by atoms with Crippen LogP contribution in [-0.2, 0) is 19.4 Å². The minimum atomic E-state index is -0.338. The van der Waals surface area contributed by atoms with E-state index in [0.717, 1.165) is 25.0 Å². The molecular weight excluding hydrogens is 332 g/mol. The Labute approximate surface area is 149 Å². The molecule has 0 unspecified atom stereocenters. The number of benzene rings is 1. The second-order valence-corrected chi connectivity index (χ2v) is 6.49. The Hall–Kier alpha value is -3.09. The van der Waals surface area contributed by atoms with Gasteiger partial charge in [0.1, 0.15) is 5.58 Å². The van der Waals surface area contributed by atoms with Crippen molar-refractivity contribution < 1.29 is 9.21 Å². The summed E-state index contributed by atoms with van der Waals surface area (Å²) in [4.78, 5) is 24.1. The lowest BCUT2D eigenvalue weighted by molar-refractivity contribution is 0.251. The van der Waals surface area contributed by atoms with Crippen LogP contribution in [0, 0.1) is 0 Å². The van der Waals surface area contributed by atoms with Crippen LogP contribution in [0.15, 0.2) is 39.7 Å². The minimum absolute atomic E-state index is 0.144. The maximum Gasteiger partial charge on any atom is 0.319 e. The van der Waals surface area contributed by atoms with Crippen molar-refractivity contribution in [2.24, 2.45) is 0 Å². The van der Waals surface area contributed by atoms with Crippen molar-refractivity contribution in [1.82, 2.24) is 15.5 Å². The van der Waals surface area contributed by atoms with E-state index in [4.69, 9.17) is 4.42 Å². The zero-order valence-electron chi connectivity index (χ0n) is 14.3. The molecule has 0 saturated carbocycles. The van der Waals surface area contributed by atoms with Gasteiger partial charge < -0.3 is 15.1 Å². The molecule has 1 aromatic carbocycles. The van der Waals surface area contributed by atoms with Crippen LogP contribution < -0.4 is 16.1 Å². The van der Waals surface area contributed by atoms with Crippen molar-refractivity contribution in [3.63, 3.8) is 0 Å². The summed E-state index contributed by atoms with van der Waals surface area (Å²) in [5, 5.41) is 13.5. The molecule has 2 amide bonds. The van der Waals surface area contributed by atoms with Gasteiger partial charge in [0.05, 0.1) is 23.9 Å². The highest BCUT2D eigenvalue weighted by molar-refractivity contribution is 5.92. The summed E-state index contributed by atoms with van der Waals surface area (Å²) in [5.74, 6) is 0. The molecule has 26 heavy (non-hydrogen) atoms. The first-order chi connectivity index (χ1) is 12.7. The Balaban J connectivity index is 1.42. The SMILES string of the molecule is O=C(NCc1n[nH]c2c1CCCCC2)Nc1ccc2occc(=O)c2c1. The van der Waals surface area contributed by atoms with Gasteiger partial charge in [0.25, 0.3) is 0 Å². The lowest BCUT2D eigenvalue weighted by atomic mass is 10.1. The molecule has 0 fully saturated rings. The first kappa shape index (κ1) is 16.4. The average Bonchev–Trinajstić information content (AvgIpc) is 2.87. The van der Waals surface area contributed by atoms with Crippen molar-refractivity contribution >= 4 is 22.7 Å². The molecule has 134 valence electrons. The summed E-state index contributed by atoms with van der Waals surface area (Å²) in [6.45, 7) is 0.368. The van der Waals surface area contributed by atoms with Gasteiger partial charge in [0, 0.05) is 17.4 Å². The minimum Gasteiger partial charge on any atom is -0.464 e. The maximum absolute atomic E-state index is 12.2. The summed E-state index contributed by atoms with van der Waals surface area (Å²) >= 11 is 0. The number of aryl methyl sites for hydroxylation is 1. The smallest absolute Gasteiger partial charge is 0.319 e. The maximum atomic E-state index is 12.2. The molecule has 7 nitrogen and oxygen atoms in total. The third-order valence-corrected chi connectivity index (χ3v) is 4.73. The second-order valence-electron chi connectivity index (χ2n) is 6.49. The van der Waals surface area contributed by atoms with Crippen LogP contribution in [0.25, 0.3) is 11.0 Å². The summed E-state index contributed by atoms with van der Waals surface area (Å²) in [7, 11) is 0. The third kappa shape index (κ3) is 3.33. The number of nitrogens with one attached hydrogen (secondary N) is 3. The summed E-state index contributed by atoms with van der Waals surface area (Å²) in [5.41, 5.74) is 4.22. The van der Waals surface area contributed by atoms with Gasteiger partial charge in [-0.05, 0) is 49.4 Å². The molecule has 1 aliphatic rings. The fourth-order valence-electron chi connectivity index (χ4n) is 3.37. The van der Waals surface area contributed by atoms with E-state index < -0.39 is 0 Å². The van der Waals surface area contributed by atoms with Gasteiger partial charge in [-0.3, -0.25) is 9.89 Å². The Kier molecular flexibility index (Phi) is 4.43. The van der Waals surface area contributed by atoms with Crippen LogP contribution in [-0.4, -0.2) is 16.2 Å². The molecule has 1 aliphatic carbocycles. The number of anilines is 1. The molecule has 0 bridgehead atoms. The first-order valence-electron chi connectivity index (χ1n) is 8.82. The van der Waals surface area contributed by atoms with E-state index in [1.165, 1.54) is 36.4 Å². The van der Waals surface area contributed by atoms with E-state index in [1.54, 1.807) is 18.2 Å². The molecule has 0 atom stereocenters. The Morgan fingerprint density at radius 3 is 3.00 bits per heavy atom. The molecule has 0 saturated heterocycles. The van der Waals surface area contributed by atoms with E-state index in [-0.39, 0.29) is 11.5 Å². The number of amides is 2. The Morgan fingerprint density at radius 2 is 2.08 bits per heavy atom. The van der Waals surface area contributed by atoms with E-state index in [2.05, 4.69) is 20.8 Å². The highest BCUT2D eigenvalue weighted by Crippen LogP contribution is 2.21. The molecule has 7 heteroatoms. The number of aromatic amines is 1. The van der Waals surface area contributed by atoms with Crippen molar-refractivity contribution in [1.29, 1.82) is 0 Å². The topological polar surface area (TPSA) is 100 Å². The van der Waals surface area contributed by atoms with Crippen LogP contribution >= 0.6 is 0 Å². The van der Waals surface area contributed by atoms with Gasteiger partial charge in [0.2, 0.25) is 0 Å². The second kappa shape index (κ2) is 7.03. The predicted octanol–water partition coefficient (Wildman–Crippen LogP) is 3.11. The number of hydrogen-bond acceptors (Lipinski definition) is 4. The number of nitrogens with zero attached hydrogens (tertiary/aromatic N) is 1. The molecule has 0 spiro atoms. The average molecular weight is 352 g/mol. The summed E-state index contributed by atoms with van der Waals surface area (Å²) in [6.07, 6.45) is 6.95. The monoisotopic (exact) mass is 352 g/mol. The fraction of sp³-hybridized carbons (Fsp3) is 0.316. The number of hydrogen-bond donors (Lipinski definition) is 3. The zero-order valence-corrected chi connectivity index (χ0v) is 14.3. The number of urea groups is 1. The number of carbonyl (C=O) groups is 1. The van der Waals surface area contributed by atoms with E-state index in [1.807, 2.05) is 0 Å². The molecular formula is C19H20N4O3. The quantitative estimate of drug-likeness (QED) is 0.631. The number of fused-ring (bicyclic) bond motifs is 2. The lowest BCUT2D eigenvalue weighted by Gasteiger charge is -2.08. The normalized spacial score (nSPS) is 13.8. The first-order valence-corrected chi connectivity index (χ1v) is 8.82. The van der Waals surface area contributed by atoms with Crippen LogP contribution in [0.3, 0.4) is 0 Å². The van der Waals surface area contributed by atoms with Gasteiger partial charge in [-0.25, -0.2) is 4.79 Å². The molecule has 2 aromatic heterocycles. The summed E-state index contributed by atoms with van der Waals surface area (Å²) < 4.78 is 5.27. The highest BCUT2D eigenvalue weighted by Gasteiger charge is 2.16. The van der Waals surface area contributed by atoms with Crippen LogP contribution in [0.5, 0.6) is 0 Å². The molecule has 3 N–H and O–H groups in total. The number of rotatable bonds is 3. The predicted molar refractivity (Wildman–Crippen MR) is 98.2 cm³/mol. The van der Waals surface area contributed by atoms with Gasteiger partial charge in [-0.2, -0.15) is 5.10 Å². The van der Waals surface area contributed by atoms with Crippen molar-refractivity contribution in [3.8, 4) is 0 Å². The van der Waals surface area contributed by atoms with E-state index in [9.17, 15) is 9.59 Å². The van der Waals surface area contributed by atoms with Gasteiger partial charge in [-0.15, -0.1) is 0 Å². The Bertz CT molecular complexity index is 1010. The molecule has 0 radical (unpaired) electrons. The van der Waals surface area contributed by atoms with E-state index in [0.29, 0.717) is 23.2 Å². The third-order valence-electron chi connectivity index (χ3n) is 4.73. The fourth-order valence-corrected chi connectivity index (χ4v) is 3.37. The van der Waals surface area contributed by atoms with Crippen LogP contribution in [0.4, 0.5) is 10.5 Å². The lowest BCUT2D eigenvalue weighted by Crippen LogP contribution is -2.28. The number of H-pyrrole nitrogens is 1. The zero-order chi connectivity index (χ0) is 17.9. The molecule has 4 rings (SSSR count). The van der Waals surface area contributed by atoms with Crippen molar-refractivity contribution in [3.05, 3.63) is 57.7 Å².